The van der Waals surface area contributed by atoms with E-state index in [1.54, 1.807) is 48.5 Å². The summed E-state index contributed by atoms with van der Waals surface area (Å²) in [6, 6.07) is 16.7. The van der Waals surface area contributed by atoms with E-state index in [0.717, 1.165) is 0 Å². The number of benzene rings is 3. The fourth-order valence-electron chi connectivity index (χ4n) is 4.00. The third-order valence-corrected chi connectivity index (χ3v) is 6.31. The second-order valence-corrected chi connectivity index (χ2v) is 8.51. The molecule has 0 radical (unpaired) electrons. The molecule has 0 fully saturated rings. The number of halogens is 2. The molecule has 8 heteroatoms. The first-order valence-corrected chi connectivity index (χ1v) is 10.9. The maximum Gasteiger partial charge on any atom is 0.264 e. The third-order valence-electron chi connectivity index (χ3n) is 5.71. The Labute approximate surface area is 201 Å². The molecule has 0 saturated carbocycles. The van der Waals surface area contributed by atoms with E-state index in [4.69, 9.17) is 32.7 Å². The molecule has 1 aliphatic rings. The number of aliphatic hydroxyl groups is 1. The molecule has 1 heterocycles. The Balaban J connectivity index is 1.72. The van der Waals surface area contributed by atoms with Crippen molar-refractivity contribution in [1.82, 2.24) is 0 Å². The van der Waals surface area contributed by atoms with Crippen molar-refractivity contribution in [2.45, 2.75) is 18.6 Å². The summed E-state index contributed by atoms with van der Waals surface area (Å²) in [5.74, 6) is -0.286. The van der Waals surface area contributed by atoms with Gasteiger partial charge in [0.15, 0.2) is 11.4 Å². The lowest BCUT2D eigenvalue weighted by Crippen LogP contribution is -2.41. The fraction of sp³-hybridized carbons (Fsp3) is 0.200. The zero-order valence-electron chi connectivity index (χ0n) is 18.0. The second kappa shape index (κ2) is 9.06. The number of ether oxygens (including phenoxy) is 2. The molecule has 3 aromatic carbocycles. The van der Waals surface area contributed by atoms with Crippen molar-refractivity contribution in [3.05, 3.63) is 87.4 Å². The number of carbonyl (C=O) groups excluding carboxylic acids is 2. The van der Waals surface area contributed by atoms with Crippen molar-refractivity contribution in [1.29, 1.82) is 0 Å². The summed E-state index contributed by atoms with van der Waals surface area (Å²) in [7, 11) is 2.94. The Morgan fingerprint density at radius 3 is 2.48 bits per heavy atom. The standard InChI is InChI=1S/C25H21Cl2NO5/c1-32-17-8-9-18(23(12-17)33-2)22(29)13-25(31)19-11-16(26)7-10-21(19)28(24(25)30)14-15-5-3-4-6-20(15)27/h3-12,31H,13-14H2,1-2H3/t25-/m1/s1. The molecule has 1 atom stereocenters. The highest BCUT2D eigenvalue weighted by molar-refractivity contribution is 6.31. The number of ketones is 1. The molecule has 170 valence electrons. The van der Waals surface area contributed by atoms with Gasteiger partial charge in [0.25, 0.3) is 5.91 Å². The van der Waals surface area contributed by atoms with Crippen molar-refractivity contribution < 1.29 is 24.2 Å². The lowest BCUT2D eigenvalue weighted by Gasteiger charge is -2.23. The third kappa shape index (κ3) is 4.17. The lowest BCUT2D eigenvalue weighted by molar-refractivity contribution is -0.136. The van der Waals surface area contributed by atoms with Gasteiger partial charge in [-0.3, -0.25) is 9.59 Å². The molecular formula is C25H21Cl2NO5. The normalized spacial score (nSPS) is 17.1. The highest BCUT2D eigenvalue weighted by atomic mass is 35.5. The number of Topliss-reactive ketones (excluding diaryl/α,β-unsaturated/α-hetero) is 1. The summed E-state index contributed by atoms with van der Waals surface area (Å²) in [5, 5.41) is 12.4. The van der Waals surface area contributed by atoms with Gasteiger partial charge in [0, 0.05) is 21.7 Å². The molecule has 1 N–H and O–H groups in total. The van der Waals surface area contributed by atoms with E-state index in [9.17, 15) is 14.7 Å². The molecule has 33 heavy (non-hydrogen) atoms. The molecule has 0 unspecified atom stereocenters. The van der Waals surface area contributed by atoms with Gasteiger partial charge >= 0.3 is 0 Å². The fourth-order valence-corrected chi connectivity index (χ4v) is 4.37. The summed E-state index contributed by atoms with van der Waals surface area (Å²) in [5.41, 5.74) is -0.411. The second-order valence-electron chi connectivity index (χ2n) is 7.67. The predicted molar refractivity (Wildman–Crippen MR) is 126 cm³/mol. The van der Waals surface area contributed by atoms with E-state index < -0.39 is 23.7 Å². The topological polar surface area (TPSA) is 76.1 Å². The molecule has 3 aromatic rings. The van der Waals surface area contributed by atoms with Crippen molar-refractivity contribution in [2.24, 2.45) is 0 Å². The molecule has 0 spiro atoms. The molecule has 0 aliphatic carbocycles. The summed E-state index contributed by atoms with van der Waals surface area (Å²) in [4.78, 5) is 28.2. The van der Waals surface area contributed by atoms with E-state index in [1.807, 2.05) is 6.07 Å². The minimum Gasteiger partial charge on any atom is -0.497 e. The Kier molecular flexibility index (Phi) is 6.34. The quantitative estimate of drug-likeness (QED) is 0.475. The van der Waals surface area contributed by atoms with Crippen LogP contribution < -0.4 is 14.4 Å². The number of methoxy groups -OCH3 is 2. The number of nitrogens with zero attached hydrogens (tertiary/aromatic N) is 1. The first-order valence-electron chi connectivity index (χ1n) is 10.1. The molecule has 1 amide bonds. The number of rotatable bonds is 7. The summed E-state index contributed by atoms with van der Waals surface area (Å²) < 4.78 is 10.5. The van der Waals surface area contributed by atoms with E-state index in [2.05, 4.69) is 0 Å². The number of carbonyl (C=O) groups is 2. The molecule has 6 nitrogen and oxygen atoms in total. The van der Waals surface area contributed by atoms with Crippen LogP contribution >= 0.6 is 23.2 Å². The average Bonchev–Trinajstić information content (AvgIpc) is 3.01. The smallest absolute Gasteiger partial charge is 0.264 e. The zero-order valence-corrected chi connectivity index (χ0v) is 19.5. The van der Waals surface area contributed by atoms with Crippen molar-refractivity contribution in [3.63, 3.8) is 0 Å². The minimum atomic E-state index is -2.09. The first-order chi connectivity index (χ1) is 15.8. The molecular weight excluding hydrogens is 465 g/mol. The molecule has 0 aromatic heterocycles. The number of amides is 1. The van der Waals surface area contributed by atoms with E-state index >= 15 is 0 Å². The van der Waals surface area contributed by atoms with Crippen LogP contribution in [0.4, 0.5) is 5.69 Å². The summed E-state index contributed by atoms with van der Waals surface area (Å²) in [6.07, 6.45) is -0.485. The van der Waals surface area contributed by atoms with E-state index in [-0.39, 0.29) is 23.4 Å². The van der Waals surface area contributed by atoms with Gasteiger partial charge in [-0.25, -0.2) is 0 Å². The van der Waals surface area contributed by atoms with Gasteiger partial charge in [0.05, 0.1) is 38.4 Å². The summed E-state index contributed by atoms with van der Waals surface area (Å²) in [6.45, 7) is 0.134. The zero-order chi connectivity index (χ0) is 23.8. The van der Waals surface area contributed by atoms with Crippen molar-refractivity contribution >= 4 is 40.6 Å². The minimum absolute atomic E-state index is 0.134. The van der Waals surface area contributed by atoms with Gasteiger partial charge in [-0.05, 0) is 42.0 Å². The number of hydrogen-bond donors (Lipinski definition) is 1. The maximum atomic E-state index is 13.5. The molecule has 0 bridgehead atoms. The Hall–Kier alpha value is -3.06. The van der Waals surface area contributed by atoms with Gasteiger partial charge in [0.2, 0.25) is 0 Å². The first kappa shape index (κ1) is 23.1. The van der Waals surface area contributed by atoms with Crippen LogP contribution in [0.15, 0.2) is 60.7 Å². The van der Waals surface area contributed by atoms with Crippen LogP contribution in [0, 0.1) is 0 Å². The predicted octanol–water partition coefficient (Wildman–Crippen LogP) is 5.02. The van der Waals surface area contributed by atoms with Gasteiger partial charge in [-0.1, -0.05) is 41.4 Å². The van der Waals surface area contributed by atoms with Gasteiger partial charge < -0.3 is 19.5 Å². The van der Waals surface area contributed by atoms with Crippen LogP contribution in [0.5, 0.6) is 11.5 Å². The van der Waals surface area contributed by atoms with Crippen LogP contribution in [0.2, 0.25) is 10.0 Å². The summed E-state index contributed by atoms with van der Waals surface area (Å²) >= 11 is 12.5. The van der Waals surface area contributed by atoms with Crippen LogP contribution in [0.1, 0.15) is 27.9 Å². The molecule has 4 rings (SSSR count). The van der Waals surface area contributed by atoms with Crippen molar-refractivity contribution in [2.75, 3.05) is 19.1 Å². The van der Waals surface area contributed by atoms with Crippen LogP contribution in [-0.4, -0.2) is 31.0 Å². The maximum absolute atomic E-state index is 13.5. The SMILES string of the molecule is COc1ccc(C(=O)C[C@]2(O)C(=O)N(Cc3ccccc3Cl)c3ccc(Cl)cc32)c(OC)c1. The van der Waals surface area contributed by atoms with Gasteiger partial charge in [-0.15, -0.1) is 0 Å². The number of fused-ring (bicyclic) bond motifs is 1. The number of hydrogen-bond acceptors (Lipinski definition) is 5. The average molecular weight is 486 g/mol. The lowest BCUT2D eigenvalue weighted by atomic mass is 9.88. The van der Waals surface area contributed by atoms with Crippen molar-refractivity contribution in [3.8, 4) is 11.5 Å². The van der Waals surface area contributed by atoms with Crippen LogP contribution in [-0.2, 0) is 16.9 Å². The van der Waals surface area contributed by atoms with Gasteiger partial charge in [0.1, 0.15) is 11.5 Å². The van der Waals surface area contributed by atoms with Crippen LogP contribution in [0.25, 0.3) is 0 Å². The van der Waals surface area contributed by atoms with E-state index in [0.29, 0.717) is 27.0 Å². The Bertz CT molecular complexity index is 1250. The molecule has 0 saturated heterocycles. The highest BCUT2D eigenvalue weighted by Crippen LogP contribution is 2.45. The number of anilines is 1. The highest BCUT2D eigenvalue weighted by Gasteiger charge is 2.51. The van der Waals surface area contributed by atoms with Crippen LogP contribution in [0.3, 0.4) is 0 Å². The molecule has 1 aliphatic heterocycles. The van der Waals surface area contributed by atoms with Gasteiger partial charge in [-0.2, -0.15) is 0 Å². The Morgan fingerprint density at radius 1 is 1.03 bits per heavy atom. The largest absolute Gasteiger partial charge is 0.497 e. The van der Waals surface area contributed by atoms with E-state index in [1.165, 1.54) is 25.2 Å². The Morgan fingerprint density at radius 2 is 1.79 bits per heavy atom. The monoisotopic (exact) mass is 485 g/mol.